The molecule has 1 N–H and O–H groups in total. The summed E-state index contributed by atoms with van der Waals surface area (Å²) >= 11 is 16.1. The second-order valence-corrected chi connectivity index (χ2v) is 13.7. The first-order chi connectivity index (χ1) is 21.1. The molecule has 11 heteroatoms. The summed E-state index contributed by atoms with van der Waals surface area (Å²) in [5, 5.41) is 3.31. The van der Waals surface area contributed by atoms with Crippen LogP contribution >= 0.6 is 39.1 Å². The van der Waals surface area contributed by atoms with Gasteiger partial charge in [-0.05, 0) is 60.0 Å². The maximum atomic E-state index is 14.4. The second kappa shape index (κ2) is 15.6. The van der Waals surface area contributed by atoms with Crippen molar-refractivity contribution in [3.05, 3.63) is 129 Å². The van der Waals surface area contributed by atoms with E-state index in [1.165, 1.54) is 35.2 Å². The summed E-state index contributed by atoms with van der Waals surface area (Å²) in [5.41, 5.74) is 1.71. The quantitative estimate of drug-likeness (QED) is 0.160. The van der Waals surface area contributed by atoms with Crippen molar-refractivity contribution in [1.29, 1.82) is 0 Å². The molecule has 0 bridgehead atoms. The SMILES string of the molecule is CCCNC(=O)[C@@H](Cc1ccccc1)N(Cc1ccc(Br)cc1)C(=O)CN(c1ccc(Cl)cc1Cl)S(=O)(=O)c1ccccc1. The number of nitrogens with zero attached hydrogens (tertiary/aromatic N) is 2. The van der Waals surface area contributed by atoms with E-state index in [0.717, 1.165) is 19.9 Å². The number of hydrogen-bond donors (Lipinski definition) is 1. The number of carbonyl (C=O) groups excluding carboxylic acids is 2. The van der Waals surface area contributed by atoms with Crippen molar-refractivity contribution in [2.75, 3.05) is 17.4 Å². The van der Waals surface area contributed by atoms with Gasteiger partial charge in [0.2, 0.25) is 11.8 Å². The van der Waals surface area contributed by atoms with Gasteiger partial charge in [-0.25, -0.2) is 8.42 Å². The Morgan fingerprint density at radius 2 is 1.50 bits per heavy atom. The van der Waals surface area contributed by atoms with Crippen LogP contribution in [0.1, 0.15) is 24.5 Å². The number of carbonyl (C=O) groups is 2. The average Bonchev–Trinajstić information content (AvgIpc) is 3.02. The third-order valence-electron chi connectivity index (χ3n) is 6.87. The Balaban J connectivity index is 1.81. The molecule has 0 unspecified atom stereocenters. The first kappa shape index (κ1) is 33.5. The molecule has 2 amide bonds. The zero-order valence-corrected chi connectivity index (χ0v) is 27.9. The van der Waals surface area contributed by atoms with Crippen LogP contribution in [0.15, 0.2) is 112 Å². The van der Waals surface area contributed by atoms with Crippen LogP contribution in [0.2, 0.25) is 10.0 Å². The van der Waals surface area contributed by atoms with E-state index >= 15 is 0 Å². The Morgan fingerprint density at radius 1 is 0.864 bits per heavy atom. The zero-order chi connectivity index (χ0) is 31.7. The van der Waals surface area contributed by atoms with Gasteiger partial charge >= 0.3 is 0 Å². The van der Waals surface area contributed by atoms with E-state index in [9.17, 15) is 18.0 Å². The second-order valence-electron chi connectivity index (χ2n) is 10.1. The predicted octanol–water partition coefficient (Wildman–Crippen LogP) is 7.12. The molecule has 44 heavy (non-hydrogen) atoms. The Kier molecular flexibility index (Phi) is 11.9. The van der Waals surface area contributed by atoms with Crippen molar-refractivity contribution >= 4 is 66.7 Å². The molecule has 0 heterocycles. The maximum Gasteiger partial charge on any atom is 0.264 e. The molecule has 230 valence electrons. The number of hydrogen-bond acceptors (Lipinski definition) is 4. The Hall–Kier alpha value is -3.37. The Bertz CT molecular complexity index is 1670. The largest absolute Gasteiger partial charge is 0.354 e. The third kappa shape index (κ3) is 8.63. The van der Waals surface area contributed by atoms with Crippen LogP contribution in [-0.2, 0) is 32.6 Å². The van der Waals surface area contributed by atoms with Crippen LogP contribution in [0.3, 0.4) is 0 Å². The molecule has 0 saturated heterocycles. The van der Waals surface area contributed by atoms with Crippen LogP contribution in [0.4, 0.5) is 5.69 Å². The lowest BCUT2D eigenvalue weighted by atomic mass is 10.0. The topological polar surface area (TPSA) is 86.8 Å². The lowest BCUT2D eigenvalue weighted by Crippen LogP contribution is -2.53. The number of benzene rings is 4. The van der Waals surface area contributed by atoms with Gasteiger partial charge in [0.25, 0.3) is 10.0 Å². The minimum absolute atomic E-state index is 0.0141. The highest BCUT2D eigenvalue weighted by atomic mass is 79.9. The van der Waals surface area contributed by atoms with Gasteiger partial charge in [0.15, 0.2) is 0 Å². The summed E-state index contributed by atoms with van der Waals surface area (Å²) in [6, 6.07) is 28.1. The van der Waals surface area contributed by atoms with Gasteiger partial charge in [-0.2, -0.15) is 0 Å². The smallest absolute Gasteiger partial charge is 0.264 e. The molecule has 4 rings (SSSR count). The fourth-order valence-electron chi connectivity index (χ4n) is 4.62. The summed E-state index contributed by atoms with van der Waals surface area (Å²) in [7, 11) is -4.26. The zero-order valence-electron chi connectivity index (χ0n) is 24.0. The molecule has 0 saturated carbocycles. The lowest BCUT2D eigenvalue weighted by molar-refractivity contribution is -0.140. The molecule has 0 aliphatic rings. The summed E-state index contributed by atoms with van der Waals surface area (Å²) in [6.45, 7) is 1.83. The van der Waals surface area contributed by atoms with Gasteiger partial charge in [-0.15, -0.1) is 0 Å². The van der Waals surface area contributed by atoms with Gasteiger partial charge in [-0.3, -0.25) is 13.9 Å². The molecule has 0 spiro atoms. The first-order valence-corrected chi connectivity index (χ1v) is 17.0. The summed E-state index contributed by atoms with van der Waals surface area (Å²) < 4.78 is 29.9. The van der Waals surface area contributed by atoms with Crippen LogP contribution in [0.25, 0.3) is 0 Å². The fourth-order valence-corrected chi connectivity index (χ4v) is 6.90. The fraction of sp³-hybridized carbons (Fsp3) is 0.212. The van der Waals surface area contributed by atoms with Crippen molar-refractivity contribution in [3.8, 4) is 0 Å². The lowest BCUT2D eigenvalue weighted by Gasteiger charge is -2.34. The summed E-state index contributed by atoms with van der Waals surface area (Å²) in [6.07, 6.45) is 0.939. The monoisotopic (exact) mass is 715 g/mol. The standard InChI is InChI=1S/C33H32BrCl2N3O4S/c1-2-19-37-33(41)31(20-24-9-5-3-6-10-24)38(22-25-13-15-26(34)16-14-25)32(40)23-39(30-18-17-27(35)21-29(30)36)44(42,43)28-11-7-4-8-12-28/h3-18,21,31H,2,19-20,22-23H2,1H3,(H,37,41)/t31-/m1/s1. The van der Waals surface area contributed by atoms with Gasteiger partial charge < -0.3 is 10.2 Å². The molecule has 4 aromatic rings. The minimum atomic E-state index is -4.26. The van der Waals surface area contributed by atoms with Crippen molar-refractivity contribution in [2.45, 2.75) is 37.2 Å². The van der Waals surface area contributed by atoms with Crippen LogP contribution < -0.4 is 9.62 Å². The maximum absolute atomic E-state index is 14.4. The van der Waals surface area contributed by atoms with Gasteiger partial charge in [0.1, 0.15) is 12.6 Å². The van der Waals surface area contributed by atoms with Crippen molar-refractivity contribution in [1.82, 2.24) is 10.2 Å². The predicted molar refractivity (Wildman–Crippen MR) is 179 cm³/mol. The van der Waals surface area contributed by atoms with Crippen molar-refractivity contribution < 1.29 is 18.0 Å². The molecule has 0 aromatic heterocycles. The van der Waals surface area contributed by atoms with Crippen LogP contribution in [0.5, 0.6) is 0 Å². The number of sulfonamides is 1. The van der Waals surface area contributed by atoms with E-state index in [1.807, 2.05) is 61.5 Å². The molecule has 0 fully saturated rings. The number of halogens is 3. The molecular formula is C33H32BrCl2N3O4S. The Morgan fingerprint density at radius 3 is 2.11 bits per heavy atom. The minimum Gasteiger partial charge on any atom is -0.354 e. The highest BCUT2D eigenvalue weighted by molar-refractivity contribution is 9.10. The van der Waals surface area contributed by atoms with E-state index in [0.29, 0.717) is 18.0 Å². The third-order valence-corrected chi connectivity index (χ3v) is 9.72. The number of amides is 2. The van der Waals surface area contributed by atoms with Crippen LogP contribution in [0, 0.1) is 0 Å². The van der Waals surface area contributed by atoms with E-state index in [2.05, 4.69) is 21.2 Å². The number of nitrogens with one attached hydrogen (secondary N) is 1. The van der Waals surface area contributed by atoms with Gasteiger partial charge in [-0.1, -0.05) is 107 Å². The van der Waals surface area contributed by atoms with E-state index in [1.54, 1.807) is 18.2 Å². The Labute approximate surface area is 277 Å². The number of anilines is 1. The van der Waals surface area contributed by atoms with E-state index in [-0.39, 0.29) is 34.5 Å². The summed E-state index contributed by atoms with van der Waals surface area (Å²) in [4.78, 5) is 29.5. The summed E-state index contributed by atoms with van der Waals surface area (Å²) in [5.74, 6) is -0.908. The molecular weight excluding hydrogens is 685 g/mol. The van der Waals surface area contributed by atoms with Gasteiger partial charge in [0, 0.05) is 29.0 Å². The van der Waals surface area contributed by atoms with Crippen molar-refractivity contribution in [2.24, 2.45) is 0 Å². The molecule has 0 aliphatic carbocycles. The highest BCUT2D eigenvalue weighted by Crippen LogP contribution is 2.33. The van der Waals surface area contributed by atoms with E-state index in [4.69, 9.17) is 23.2 Å². The highest BCUT2D eigenvalue weighted by Gasteiger charge is 2.35. The normalized spacial score (nSPS) is 11.9. The van der Waals surface area contributed by atoms with Crippen molar-refractivity contribution in [3.63, 3.8) is 0 Å². The van der Waals surface area contributed by atoms with Gasteiger partial charge in [0.05, 0.1) is 15.6 Å². The molecule has 4 aromatic carbocycles. The molecule has 0 aliphatic heterocycles. The van der Waals surface area contributed by atoms with E-state index < -0.39 is 28.5 Å². The number of rotatable bonds is 13. The first-order valence-electron chi connectivity index (χ1n) is 14.0. The van der Waals surface area contributed by atoms with Crippen LogP contribution in [-0.4, -0.2) is 44.3 Å². The molecule has 7 nitrogen and oxygen atoms in total. The average molecular weight is 718 g/mol. The molecule has 1 atom stereocenters. The molecule has 0 radical (unpaired) electrons.